The maximum atomic E-state index is 9.03. The Morgan fingerprint density at radius 3 is 2.26 bits per heavy atom. The molecule has 0 aliphatic heterocycles. The fourth-order valence-electron chi connectivity index (χ4n) is 3.69. The van der Waals surface area contributed by atoms with E-state index in [0.29, 0.717) is 5.57 Å². The average Bonchev–Trinajstić information content (AvgIpc) is 2.90. The van der Waals surface area contributed by atoms with Crippen LogP contribution in [0.1, 0.15) is 18.4 Å². The quantitative estimate of drug-likeness (QED) is 0.218. The summed E-state index contributed by atoms with van der Waals surface area (Å²) in [6.45, 7) is 0. The van der Waals surface area contributed by atoms with Gasteiger partial charge in [0, 0.05) is 35.8 Å². The number of nitrogens with two attached hydrogens (primary N) is 2. The van der Waals surface area contributed by atoms with Gasteiger partial charge >= 0.3 is 0 Å². The Morgan fingerprint density at radius 2 is 1.59 bits per heavy atom. The van der Waals surface area contributed by atoms with Gasteiger partial charge in [0.2, 0.25) is 0 Å². The molecule has 0 aliphatic carbocycles. The van der Waals surface area contributed by atoms with E-state index in [1.807, 2.05) is 30.4 Å². The van der Waals surface area contributed by atoms with Crippen molar-refractivity contribution in [2.45, 2.75) is 12.8 Å². The smallest absolute Gasteiger partial charge is 0.0988 e. The number of nitriles is 1. The van der Waals surface area contributed by atoms with Gasteiger partial charge in [0.1, 0.15) is 0 Å². The molecule has 0 aromatic heterocycles. The van der Waals surface area contributed by atoms with Gasteiger partial charge < -0.3 is 16.4 Å². The molecular formula is C30H30N4. The lowest BCUT2D eigenvalue weighted by atomic mass is 9.98. The Bertz CT molecular complexity index is 1230. The molecule has 4 nitrogen and oxygen atoms in total. The molecule has 0 saturated heterocycles. The van der Waals surface area contributed by atoms with Crippen molar-refractivity contribution >= 4 is 16.9 Å². The van der Waals surface area contributed by atoms with E-state index in [1.165, 1.54) is 11.8 Å². The molecule has 170 valence electrons. The van der Waals surface area contributed by atoms with Crippen molar-refractivity contribution < 1.29 is 0 Å². The van der Waals surface area contributed by atoms with Crippen LogP contribution in [0, 0.1) is 11.3 Å². The van der Waals surface area contributed by atoms with Crippen LogP contribution in [-0.2, 0) is 0 Å². The van der Waals surface area contributed by atoms with E-state index in [1.54, 1.807) is 12.3 Å². The lowest BCUT2D eigenvalue weighted by molar-refractivity contribution is 1.05. The topological polar surface area (TPSA) is 79.1 Å². The highest BCUT2D eigenvalue weighted by Crippen LogP contribution is 2.34. The minimum atomic E-state index is 0.569. The highest BCUT2D eigenvalue weighted by Gasteiger charge is 2.10. The first kappa shape index (κ1) is 24.2. The predicted molar refractivity (Wildman–Crippen MR) is 144 cm³/mol. The van der Waals surface area contributed by atoms with Crippen LogP contribution in [0.25, 0.3) is 16.7 Å². The SMILES string of the molecule is CN(c1ccccc1)c1ccccc1-c1ccc(C(/C=C\CC/C=C(C#N)\C=C/N)=C/N)cc1. The van der Waals surface area contributed by atoms with Crippen molar-refractivity contribution in [2.24, 2.45) is 11.5 Å². The molecule has 0 radical (unpaired) electrons. The largest absolute Gasteiger partial charge is 0.405 e. The van der Waals surface area contributed by atoms with Crippen LogP contribution in [0.2, 0.25) is 0 Å². The van der Waals surface area contributed by atoms with Crippen LogP contribution in [0.4, 0.5) is 11.4 Å². The molecule has 0 atom stereocenters. The summed E-state index contributed by atoms with van der Waals surface area (Å²) < 4.78 is 0. The number of hydrogen-bond donors (Lipinski definition) is 2. The fourth-order valence-corrected chi connectivity index (χ4v) is 3.69. The minimum absolute atomic E-state index is 0.569. The summed E-state index contributed by atoms with van der Waals surface area (Å²) in [7, 11) is 2.09. The third-order valence-corrected chi connectivity index (χ3v) is 5.52. The first-order valence-electron chi connectivity index (χ1n) is 11.2. The van der Waals surface area contributed by atoms with Crippen LogP contribution in [0.15, 0.2) is 121 Å². The number of para-hydroxylation sites is 2. The van der Waals surface area contributed by atoms with Crippen molar-refractivity contribution in [3.05, 3.63) is 127 Å². The van der Waals surface area contributed by atoms with E-state index in [2.05, 4.69) is 84.8 Å². The van der Waals surface area contributed by atoms with Gasteiger partial charge in [0.15, 0.2) is 0 Å². The van der Waals surface area contributed by atoms with Crippen molar-refractivity contribution in [1.29, 1.82) is 5.26 Å². The van der Waals surface area contributed by atoms with E-state index < -0.39 is 0 Å². The molecule has 3 rings (SSSR count). The molecule has 0 unspecified atom stereocenters. The first-order valence-corrected chi connectivity index (χ1v) is 11.2. The number of allylic oxidation sites excluding steroid dienone is 6. The normalized spacial score (nSPS) is 12.2. The summed E-state index contributed by atoms with van der Waals surface area (Å²) in [4.78, 5) is 2.20. The Kier molecular flexibility index (Phi) is 8.90. The van der Waals surface area contributed by atoms with Gasteiger partial charge in [-0.3, -0.25) is 0 Å². The van der Waals surface area contributed by atoms with Crippen LogP contribution >= 0.6 is 0 Å². The summed E-state index contributed by atoms with van der Waals surface area (Å²) in [6, 6.07) is 29.3. The van der Waals surface area contributed by atoms with Crippen molar-refractivity contribution in [3.8, 4) is 17.2 Å². The lowest BCUT2D eigenvalue weighted by Gasteiger charge is -2.23. The van der Waals surface area contributed by atoms with E-state index >= 15 is 0 Å². The number of nitrogens with zero attached hydrogens (tertiary/aromatic N) is 2. The van der Waals surface area contributed by atoms with Gasteiger partial charge in [0.25, 0.3) is 0 Å². The van der Waals surface area contributed by atoms with E-state index in [9.17, 15) is 0 Å². The number of unbranched alkanes of at least 4 members (excludes halogenated alkanes) is 1. The zero-order valence-corrected chi connectivity index (χ0v) is 19.4. The number of rotatable bonds is 9. The third kappa shape index (κ3) is 6.27. The lowest BCUT2D eigenvalue weighted by Crippen LogP contribution is -2.10. The van der Waals surface area contributed by atoms with Crippen molar-refractivity contribution in [3.63, 3.8) is 0 Å². The Morgan fingerprint density at radius 1 is 0.882 bits per heavy atom. The average molecular weight is 447 g/mol. The Labute approximate surface area is 202 Å². The summed E-state index contributed by atoms with van der Waals surface area (Å²) in [5.74, 6) is 0. The molecular weight excluding hydrogens is 416 g/mol. The zero-order chi connectivity index (χ0) is 24.2. The molecule has 0 spiro atoms. The van der Waals surface area contributed by atoms with Crippen LogP contribution in [-0.4, -0.2) is 7.05 Å². The Balaban J connectivity index is 1.74. The molecule has 0 aliphatic rings. The van der Waals surface area contributed by atoms with Gasteiger partial charge in [-0.2, -0.15) is 5.26 Å². The number of benzene rings is 3. The molecule has 0 bridgehead atoms. The summed E-state index contributed by atoms with van der Waals surface area (Å²) in [5.41, 5.74) is 18.4. The maximum absolute atomic E-state index is 9.03. The molecule has 0 saturated carbocycles. The second-order valence-corrected chi connectivity index (χ2v) is 7.72. The highest BCUT2D eigenvalue weighted by atomic mass is 15.1. The minimum Gasteiger partial charge on any atom is -0.405 e. The van der Waals surface area contributed by atoms with Gasteiger partial charge in [-0.15, -0.1) is 0 Å². The second-order valence-electron chi connectivity index (χ2n) is 7.72. The molecule has 0 amide bonds. The van der Waals surface area contributed by atoms with Crippen molar-refractivity contribution in [2.75, 3.05) is 11.9 Å². The fraction of sp³-hybridized carbons (Fsp3) is 0.100. The molecule has 0 heterocycles. The second kappa shape index (κ2) is 12.5. The highest BCUT2D eigenvalue weighted by molar-refractivity contribution is 5.83. The molecule has 0 fully saturated rings. The van der Waals surface area contributed by atoms with Crippen LogP contribution < -0.4 is 16.4 Å². The zero-order valence-electron chi connectivity index (χ0n) is 19.4. The maximum Gasteiger partial charge on any atom is 0.0988 e. The van der Waals surface area contributed by atoms with Gasteiger partial charge in [-0.1, -0.05) is 78.9 Å². The van der Waals surface area contributed by atoms with Crippen LogP contribution in [0.5, 0.6) is 0 Å². The Hall–Kier alpha value is -4.49. The van der Waals surface area contributed by atoms with E-state index in [-0.39, 0.29) is 0 Å². The third-order valence-electron chi connectivity index (χ3n) is 5.52. The standard InChI is InChI=1S/C30H30N4/c1-34(28-12-6-3-7-13-28)30-15-9-8-14-29(30)26-18-16-25(17-19-26)27(23-33)11-5-2-4-10-24(22-32)20-21-31/h3,5-21,23H,2,4,31,33H2,1H3/b11-5-,21-20-,24-10+,27-23+. The predicted octanol–water partition coefficient (Wildman–Crippen LogP) is 6.68. The number of hydrogen-bond acceptors (Lipinski definition) is 4. The summed E-state index contributed by atoms with van der Waals surface area (Å²) >= 11 is 0. The van der Waals surface area contributed by atoms with Crippen LogP contribution in [0.3, 0.4) is 0 Å². The van der Waals surface area contributed by atoms with Gasteiger partial charge in [0.05, 0.1) is 6.07 Å². The van der Waals surface area contributed by atoms with Gasteiger partial charge in [-0.25, -0.2) is 0 Å². The van der Waals surface area contributed by atoms with E-state index in [0.717, 1.165) is 40.9 Å². The molecule has 4 N–H and O–H groups in total. The summed E-state index contributed by atoms with van der Waals surface area (Å²) in [6.07, 6.45) is 12.1. The number of anilines is 2. The van der Waals surface area contributed by atoms with Gasteiger partial charge in [-0.05, 0) is 60.0 Å². The molecule has 34 heavy (non-hydrogen) atoms. The van der Waals surface area contributed by atoms with E-state index in [4.69, 9.17) is 16.7 Å². The molecule has 3 aromatic rings. The first-order chi connectivity index (χ1) is 16.7. The molecule has 4 heteroatoms. The summed E-state index contributed by atoms with van der Waals surface area (Å²) in [5, 5.41) is 9.03. The van der Waals surface area contributed by atoms with Crippen molar-refractivity contribution in [1.82, 2.24) is 0 Å². The monoisotopic (exact) mass is 446 g/mol. The molecule has 3 aromatic carbocycles.